The maximum Gasteiger partial charge on any atom is 0.268 e. The van der Waals surface area contributed by atoms with Gasteiger partial charge in [0.15, 0.2) is 0 Å². The van der Waals surface area contributed by atoms with Crippen LogP contribution >= 0.6 is 0 Å². The maximum atomic E-state index is 12.4. The molecule has 0 spiro atoms. The number of amides is 1. The normalized spacial score (nSPS) is 13.5. The molecular weight excluding hydrogens is 444 g/mol. The van der Waals surface area contributed by atoms with Crippen molar-refractivity contribution in [3.63, 3.8) is 0 Å². The maximum absolute atomic E-state index is 12.4. The van der Waals surface area contributed by atoms with Gasteiger partial charge in [-0.25, -0.2) is 23.1 Å². The molecule has 2 aromatic heterocycles. The number of anilines is 2. The molecule has 3 aromatic rings. The van der Waals surface area contributed by atoms with Gasteiger partial charge in [-0.3, -0.25) is 4.79 Å². The molecule has 0 saturated heterocycles. The zero-order valence-corrected chi connectivity index (χ0v) is 19.5. The van der Waals surface area contributed by atoms with E-state index in [0.29, 0.717) is 36.2 Å². The Bertz CT molecular complexity index is 1280. The minimum atomic E-state index is -3.60. The van der Waals surface area contributed by atoms with Crippen LogP contribution < -0.4 is 15.4 Å². The van der Waals surface area contributed by atoms with Gasteiger partial charge >= 0.3 is 0 Å². The molecule has 0 unspecified atom stereocenters. The van der Waals surface area contributed by atoms with Crippen LogP contribution in [0, 0.1) is 13.8 Å². The number of fused-ring (bicyclic) bond motifs is 1. The van der Waals surface area contributed by atoms with E-state index < -0.39 is 10.0 Å². The largest absolute Gasteiger partial charge is 0.383 e. The van der Waals surface area contributed by atoms with E-state index in [2.05, 4.69) is 25.3 Å². The molecule has 1 aliphatic rings. The van der Waals surface area contributed by atoms with Crippen molar-refractivity contribution in [1.82, 2.24) is 24.6 Å². The second kappa shape index (κ2) is 9.30. The van der Waals surface area contributed by atoms with Gasteiger partial charge in [0.1, 0.15) is 5.69 Å². The van der Waals surface area contributed by atoms with Crippen LogP contribution in [-0.4, -0.2) is 55.7 Å². The van der Waals surface area contributed by atoms with Gasteiger partial charge in [-0.1, -0.05) is 0 Å². The van der Waals surface area contributed by atoms with Crippen molar-refractivity contribution in [2.24, 2.45) is 0 Å². The number of nitrogens with zero attached hydrogens (tertiary/aromatic N) is 3. The average Bonchev–Trinajstić information content (AvgIpc) is 3.05. The Morgan fingerprint density at radius 1 is 1.18 bits per heavy atom. The summed E-state index contributed by atoms with van der Waals surface area (Å²) in [5, 5.41) is 6.00. The highest BCUT2D eigenvalue weighted by Crippen LogP contribution is 2.32. The highest BCUT2D eigenvalue weighted by molar-refractivity contribution is 7.89. The van der Waals surface area contributed by atoms with Crippen LogP contribution in [0.3, 0.4) is 0 Å². The summed E-state index contributed by atoms with van der Waals surface area (Å²) in [5.41, 5.74) is 4.79. The van der Waals surface area contributed by atoms with Crippen molar-refractivity contribution in [2.75, 3.05) is 32.1 Å². The van der Waals surface area contributed by atoms with E-state index in [1.165, 1.54) is 19.2 Å². The fourth-order valence-corrected chi connectivity index (χ4v) is 4.99. The fourth-order valence-electron chi connectivity index (χ4n) is 3.98. The van der Waals surface area contributed by atoms with E-state index in [1.807, 2.05) is 24.5 Å². The minimum absolute atomic E-state index is 0.0766. The van der Waals surface area contributed by atoms with Crippen LogP contribution in [0.15, 0.2) is 41.4 Å². The SMILES string of the molecule is COCCNS(=O)(=O)c1ccc(Nc2nccc(-c3c(C)c4n(c3C)CCNC4=O)n2)cc1. The predicted octanol–water partition coefficient (Wildman–Crippen LogP) is 1.97. The molecule has 0 bridgehead atoms. The first-order chi connectivity index (χ1) is 15.8. The standard InChI is InChI=1S/C22H26N6O4S/c1-14-19(15(2)28-12-10-23-21(29)20(14)28)18-8-9-24-22(27-18)26-16-4-6-17(7-5-16)33(30,31)25-11-13-32-3/h4-9,25H,10-13H2,1-3H3,(H,23,29)(H,24,26,27). The van der Waals surface area contributed by atoms with Gasteiger partial charge in [-0.15, -0.1) is 0 Å². The topological polar surface area (TPSA) is 127 Å². The Morgan fingerprint density at radius 2 is 1.94 bits per heavy atom. The van der Waals surface area contributed by atoms with Gasteiger partial charge in [0, 0.05) is 49.9 Å². The van der Waals surface area contributed by atoms with E-state index in [-0.39, 0.29) is 17.3 Å². The first-order valence-corrected chi connectivity index (χ1v) is 12.0. The highest BCUT2D eigenvalue weighted by atomic mass is 32.2. The van der Waals surface area contributed by atoms with Gasteiger partial charge in [0.2, 0.25) is 16.0 Å². The van der Waals surface area contributed by atoms with E-state index >= 15 is 0 Å². The van der Waals surface area contributed by atoms with Crippen LogP contribution in [-0.2, 0) is 21.3 Å². The number of nitrogens with one attached hydrogen (secondary N) is 3. The quantitative estimate of drug-likeness (QED) is 0.430. The molecule has 3 heterocycles. The molecule has 10 nitrogen and oxygen atoms in total. The van der Waals surface area contributed by atoms with Crippen LogP contribution in [0.1, 0.15) is 21.7 Å². The summed E-state index contributed by atoms with van der Waals surface area (Å²) < 4.78 is 34.0. The number of hydrogen-bond donors (Lipinski definition) is 3. The molecule has 0 fully saturated rings. The zero-order valence-electron chi connectivity index (χ0n) is 18.7. The third-order valence-corrected chi connectivity index (χ3v) is 7.01. The second-order valence-corrected chi connectivity index (χ2v) is 9.41. The summed E-state index contributed by atoms with van der Waals surface area (Å²) in [7, 11) is -2.09. The molecule has 3 N–H and O–H groups in total. The van der Waals surface area contributed by atoms with Crippen molar-refractivity contribution in [3.05, 3.63) is 53.5 Å². The molecule has 1 aliphatic heterocycles. The zero-order chi connectivity index (χ0) is 23.6. The molecule has 1 amide bonds. The summed E-state index contributed by atoms with van der Waals surface area (Å²) >= 11 is 0. The number of hydrogen-bond acceptors (Lipinski definition) is 7. The Kier molecular flexibility index (Phi) is 6.45. The lowest BCUT2D eigenvalue weighted by atomic mass is 10.1. The van der Waals surface area contributed by atoms with E-state index in [4.69, 9.17) is 4.74 Å². The van der Waals surface area contributed by atoms with Gasteiger partial charge < -0.3 is 19.9 Å². The van der Waals surface area contributed by atoms with Crippen LogP contribution in [0.25, 0.3) is 11.3 Å². The van der Waals surface area contributed by atoms with Crippen molar-refractivity contribution in [2.45, 2.75) is 25.3 Å². The first kappa shape index (κ1) is 22.9. The third-order valence-electron chi connectivity index (χ3n) is 5.53. The molecular formula is C22H26N6O4S. The van der Waals surface area contributed by atoms with E-state index in [9.17, 15) is 13.2 Å². The summed E-state index contributed by atoms with van der Waals surface area (Å²) in [6.07, 6.45) is 1.65. The molecule has 0 atom stereocenters. The number of methoxy groups -OCH3 is 1. The second-order valence-electron chi connectivity index (χ2n) is 7.65. The minimum Gasteiger partial charge on any atom is -0.383 e. The smallest absolute Gasteiger partial charge is 0.268 e. The number of carbonyl (C=O) groups excluding carboxylic acids is 1. The lowest BCUT2D eigenvalue weighted by Crippen LogP contribution is -2.35. The van der Waals surface area contributed by atoms with Crippen LogP contribution in [0.4, 0.5) is 11.6 Å². The molecule has 11 heteroatoms. The van der Waals surface area contributed by atoms with Gasteiger partial charge in [-0.2, -0.15) is 0 Å². The predicted molar refractivity (Wildman–Crippen MR) is 124 cm³/mol. The average molecular weight is 471 g/mol. The fraction of sp³-hybridized carbons (Fsp3) is 0.318. The number of carbonyl (C=O) groups is 1. The lowest BCUT2D eigenvalue weighted by molar-refractivity contribution is 0.0926. The number of rotatable bonds is 8. The molecule has 0 saturated carbocycles. The molecule has 4 rings (SSSR count). The summed E-state index contributed by atoms with van der Waals surface area (Å²) in [5.74, 6) is 0.293. The van der Waals surface area contributed by atoms with Crippen molar-refractivity contribution in [1.29, 1.82) is 0 Å². The lowest BCUT2D eigenvalue weighted by Gasteiger charge is -2.17. The van der Waals surface area contributed by atoms with Crippen molar-refractivity contribution in [3.8, 4) is 11.3 Å². The van der Waals surface area contributed by atoms with Crippen LogP contribution in [0.5, 0.6) is 0 Å². The summed E-state index contributed by atoms with van der Waals surface area (Å²) in [6, 6.07) is 8.13. The number of aromatic nitrogens is 3. The Labute approximate surface area is 192 Å². The van der Waals surface area contributed by atoms with E-state index in [1.54, 1.807) is 18.3 Å². The number of ether oxygens (including phenoxy) is 1. The van der Waals surface area contributed by atoms with Crippen LogP contribution in [0.2, 0.25) is 0 Å². The number of benzene rings is 1. The Balaban J connectivity index is 1.56. The monoisotopic (exact) mass is 470 g/mol. The summed E-state index contributed by atoms with van der Waals surface area (Å²) in [4.78, 5) is 21.4. The molecule has 174 valence electrons. The molecule has 0 radical (unpaired) electrons. The Morgan fingerprint density at radius 3 is 2.64 bits per heavy atom. The third kappa shape index (κ3) is 4.61. The van der Waals surface area contributed by atoms with Crippen molar-refractivity contribution < 1.29 is 17.9 Å². The Hall–Kier alpha value is -3.28. The van der Waals surface area contributed by atoms with E-state index in [0.717, 1.165) is 23.4 Å². The van der Waals surface area contributed by atoms with Gasteiger partial charge in [0.05, 0.1) is 17.2 Å². The van der Waals surface area contributed by atoms with Crippen molar-refractivity contribution >= 4 is 27.6 Å². The van der Waals surface area contributed by atoms with Gasteiger partial charge in [0.25, 0.3) is 5.91 Å². The molecule has 0 aliphatic carbocycles. The molecule has 1 aromatic carbocycles. The number of sulfonamides is 1. The molecule has 33 heavy (non-hydrogen) atoms. The first-order valence-electron chi connectivity index (χ1n) is 10.5. The highest BCUT2D eigenvalue weighted by Gasteiger charge is 2.26. The van der Waals surface area contributed by atoms with Gasteiger partial charge in [-0.05, 0) is 49.7 Å². The summed E-state index contributed by atoms with van der Waals surface area (Å²) in [6.45, 7) is 5.72.